The van der Waals surface area contributed by atoms with Crippen LogP contribution < -0.4 is 0 Å². The number of hydrogen-bond acceptors (Lipinski definition) is 12. The average molecular weight is 1340 g/mol. The van der Waals surface area contributed by atoms with Gasteiger partial charge in [-0.05, 0) is 163 Å². The van der Waals surface area contributed by atoms with E-state index in [0.29, 0.717) is 31.6 Å². The van der Waals surface area contributed by atoms with Gasteiger partial charge in [0, 0.05) is 25.4 Å². The van der Waals surface area contributed by atoms with Gasteiger partial charge in [0.05, 0.1) is 71.2 Å². The van der Waals surface area contributed by atoms with Crippen molar-refractivity contribution in [1.29, 1.82) is 0 Å². The van der Waals surface area contributed by atoms with Crippen LogP contribution in [0.2, 0.25) is 54.4 Å². The van der Waals surface area contributed by atoms with Crippen molar-refractivity contribution in [3.63, 3.8) is 0 Å². The van der Waals surface area contributed by atoms with Crippen LogP contribution in [0.4, 0.5) is 0 Å². The number of aliphatic hydroxyl groups is 2. The molecule has 0 amide bonds. The predicted octanol–water partition coefficient (Wildman–Crippen LogP) is 15.5. The van der Waals surface area contributed by atoms with Gasteiger partial charge in [0.1, 0.15) is 24.4 Å². The molecule has 17 heteroatoms. The fourth-order valence-electron chi connectivity index (χ4n) is 12.7. The van der Waals surface area contributed by atoms with Gasteiger partial charge in [-0.25, -0.2) is 8.42 Å². The maximum absolute atomic E-state index is 15.8. The number of fused-ring (bicyclic) bond motifs is 1. The van der Waals surface area contributed by atoms with Crippen LogP contribution in [0.25, 0.3) is 0 Å². The zero-order valence-electron chi connectivity index (χ0n) is 54.9. The van der Waals surface area contributed by atoms with E-state index in [1.165, 1.54) is 0 Å². The molecule has 5 aliphatic heterocycles. The lowest BCUT2D eigenvalue weighted by molar-refractivity contribution is -0.268. The molecule has 12 nitrogen and oxygen atoms in total. The predicted molar refractivity (Wildman–Crippen MR) is 354 cm³/mol. The number of halogens is 1. The SMILES string of the molecule is C=C1C[C@H](CCCO)OC1CC[C@H]1C[C@@H](C)C(=C)[C@@H](C[C@@H]2O[C@H](C[C@H](C)CC)[C@H](C)C2C(C(O)CC2CC[C@@H]3O[C@@H]([C@H](/C=C/I)O[Si](C)(C)C(C)(C)C)[C@@H](O[Si](C)(C)C(C)(C)C)[C@@H](O[Si](C)(C)C(C)(C)C)[C@H]3O2)S(=O)(=O)c2ccccc2)O1. The van der Waals surface area contributed by atoms with Gasteiger partial charge in [0.25, 0.3) is 0 Å². The topological polar surface area (TPSA) is 148 Å². The summed E-state index contributed by atoms with van der Waals surface area (Å²) in [7, 11) is -11.7. The molecule has 0 bridgehead atoms. The lowest BCUT2D eigenvalue weighted by Crippen LogP contribution is -2.69. The third-order valence-corrected chi connectivity index (χ3v) is 37.4. The molecule has 0 radical (unpaired) electrons. The van der Waals surface area contributed by atoms with E-state index in [0.717, 1.165) is 56.1 Å². The van der Waals surface area contributed by atoms with Crippen molar-refractivity contribution in [3.05, 3.63) is 64.8 Å². The second kappa shape index (κ2) is 28.7. The highest BCUT2D eigenvalue weighted by molar-refractivity contribution is 14.1. The normalized spacial score (nSPS) is 33.3. The van der Waals surface area contributed by atoms with Gasteiger partial charge in [-0.2, -0.15) is 0 Å². The Morgan fingerprint density at radius 3 is 1.94 bits per heavy atom. The van der Waals surface area contributed by atoms with E-state index in [1.54, 1.807) is 24.3 Å². The minimum absolute atomic E-state index is 0.0483. The summed E-state index contributed by atoms with van der Waals surface area (Å²) < 4.78 is 91.9. The van der Waals surface area contributed by atoms with E-state index in [2.05, 4.69) is 171 Å². The summed E-state index contributed by atoms with van der Waals surface area (Å²) in [5.74, 6) is -0.281. The molecule has 0 spiro atoms. The van der Waals surface area contributed by atoms with Crippen molar-refractivity contribution in [2.75, 3.05) is 6.61 Å². The number of sulfone groups is 1. The zero-order valence-corrected chi connectivity index (χ0v) is 60.9. The maximum atomic E-state index is 15.8. The summed E-state index contributed by atoms with van der Waals surface area (Å²) in [6.45, 7) is 52.0. The zero-order chi connectivity index (χ0) is 62.0. The van der Waals surface area contributed by atoms with Gasteiger partial charge >= 0.3 is 0 Å². The Kier molecular flexibility index (Phi) is 24.7. The van der Waals surface area contributed by atoms with E-state index in [-0.39, 0.29) is 81.5 Å². The van der Waals surface area contributed by atoms with Crippen LogP contribution in [0, 0.1) is 23.7 Å². The molecule has 5 heterocycles. The van der Waals surface area contributed by atoms with Crippen LogP contribution in [-0.2, 0) is 46.8 Å². The van der Waals surface area contributed by atoms with Gasteiger partial charge in [0.2, 0.25) is 0 Å². The number of benzene rings is 1. The van der Waals surface area contributed by atoms with Crippen molar-refractivity contribution in [2.24, 2.45) is 23.7 Å². The van der Waals surface area contributed by atoms with Crippen LogP contribution in [-0.4, -0.2) is 141 Å². The molecule has 1 aromatic rings. The highest BCUT2D eigenvalue weighted by atomic mass is 127. The second-order valence-electron chi connectivity index (χ2n) is 30.6. The molecule has 5 unspecified atom stereocenters. The summed E-state index contributed by atoms with van der Waals surface area (Å²) in [5.41, 5.74) is 2.09. The highest BCUT2D eigenvalue weighted by Crippen LogP contribution is 2.50. The first-order valence-electron chi connectivity index (χ1n) is 31.9. The molecule has 0 aliphatic carbocycles. The minimum Gasteiger partial charge on any atom is -0.408 e. The van der Waals surface area contributed by atoms with E-state index in [4.69, 9.17) is 37.0 Å². The third kappa shape index (κ3) is 17.3. The van der Waals surface area contributed by atoms with Gasteiger partial charge in [0.15, 0.2) is 34.8 Å². The first kappa shape index (κ1) is 71.4. The molecule has 5 fully saturated rings. The van der Waals surface area contributed by atoms with Crippen molar-refractivity contribution in [1.82, 2.24) is 0 Å². The fourth-order valence-corrected chi connectivity index (χ4v) is 19.2. The van der Waals surface area contributed by atoms with Crippen LogP contribution >= 0.6 is 22.6 Å². The van der Waals surface area contributed by atoms with Gasteiger partial charge in [-0.3, -0.25) is 0 Å². The quantitative estimate of drug-likeness (QED) is 0.0545. The lowest BCUT2D eigenvalue weighted by Gasteiger charge is -2.56. The monoisotopic (exact) mass is 1340 g/mol. The molecular weight excluding hydrogens is 1230 g/mol. The van der Waals surface area contributed by atoms with Crippen molar-refractivity contribution in [2.45, 2.75) is 317 Å². The molecule has 476 valence electrons. The molecule has 5 saturated heterocycles. The van der Waals surface area contributed by atoms with E-state index < -0.39 is 94.8 Å². The van der Waals surface area contributed by atoms with E-state index in [1.807, 2.05) is 10.1 Å². The van der Waals surface area contributed by atoms with Crippen molar-refractivity contribution < 1.29 is 55.6 Å². The summed E-state index contributed by atoms with van der Waals surface area (Å²) in [4.78, 5) is 0.182. The Bertz CT molecular complexity index is 2400. The molecule has 0 aromatic heterocycles. The van der Waals surface area contributed by atoms with E-state index >= 15 is 8.42 Å². The van der Waals surface area contributed by atoms with Crippen molar-refractivity contribution >= 4 is 57.4 Å². The first-order chi connectivity index (χ1) is 38.4. The molecule has 2 N–H and O–H groups in total. The Balaban J connectivity index is 1.38. The van der Waals surface area contributed by atoms with Gasteiger partial charge in [-0.1, -0.05) is 150 Å². The molecular formula is C66H115IO12SSi3. The summed E-state index contributed by atoms with van der Waals surface area (Å²) in [5, 5.41) is 21.2. The van der Waals surface area contributed by atoms with Crippen LogP contribution in [0.15, 0.2) is 69.7 Å². The molecule has 0 saturated carbocycles. The number of hydrogen-bond donors (Lipinski definition) is 2. The third-order valence-electron chi connectivity index (χ3n) is 21.3. The van der Waals surface area contributed by atoms with Crippen LogP contribution in [0.3, 0.4) is 0 Å². The Morgan fingerprint density at radius 2 is 1.36 bits per heavy atom. The van der Waals surface area contributed by atoms with Crippen LogP contribution in [0.5, 0.6) is 0 Å². The summed E-state index contributed by atoms with van der Waals surface area (Å²) in [6.07, 6.45) is 4.30. The van der Waals surface area contributed by atoms with Crippen molar-refractivity contribution in [3.8, 4) is 0 Å². The highest BCUT2D eigenvalue weighted by Gasteiger charge is 2.59. The molecule has 1 aromatic carbocycles. The Labute approximate surface area is 521 Å². The number of rotatable bonds is 25. The Morgan fingerprint density at radius 1 is 0.759 bits per heavy atom. The standard InChI is InChI=1S/C66H115IO12SSi3/c1-22-42(2)37-55-46(6)58(57(75-55)41-56-45(5)43(3)38-48(73-56)30-32-52-44(4)39-47(72-52)27-26-36-68)63(80(70,71)50-28-24-23-25-29-50)51(69)40-49-31-33-53-59(74-49)61(78-82(18,19)65(10,11)12)62(79-83(20,21)66(13,14)15)60(76-53)54(34-35-67)77-81(16,17)64(7,8)9/h23-25,28-29,34-35,42-43,46-49,51-63,68-69H,4-5,22,26-27,30-33,36-41H2,1-3,6-21H3/b35-34+/t42-,43-,46+,47+,48+,49?,51?,52?,53+,54+,55-,56-,57+,58?,59+,60+,61+,62-,63?/m1/s1. The second-order valence-corrected chi connectivity index (χ2v) is 47.7. The maximum Gasteiger partial charge on any atom is 0.193 e. The van der Waals surface area contributed by atoms with Crippen LogP contribution in [0.1, 0.15) is 167 Å². The molecule has 19 atom stereocenters. The average Bonchev–Trinajstić information content (AvgIpc) is 2.21. The summed E-state index contributed by atoms with van der Waals surface area (Å²) >= 11 is 2.30. The number of aliphatic hydroxyl groups excluding tert-OH is 2. The number of ether oxygens (including phenoxy) is 5. The smallest absolute Gasteiger partial charge is 0.193 e. The minimum atomic E-state index is -4.19. The molecule has 6 rings (SSSR count). The summed E-state index contributed by atoms with van der Waals surface area (Å²) in [6, 6.07) is 8.68. The largest absolute Gasteiger partial charge is 0.408 e. The lowest BCUT2D eigenvalue weighted by atomic mass is 9.77. The molecule has 5 aliphatic rings. The fraction of sp³-hybridized carbons (Fsp3) is 0.818. The Hall–Kier alpha value is -0.629. The molecule has 83 heavy (non-hydrogen) atoms. The first-order valence-corrected chi connectivity index (χ1v) is 43.4. The van der Waals surface area contributed by atoms with Gasteiger partial charge < -0.3 is 47.2 Å². The van der Waals surface area contributed by atoms with Gasteiger partial charge in [-0.15, -0.1) is 0 Å². The van der Waals surface area contributed by atoms with E-state index in [9.17, 15) is 10.2 Å².